The SMILES string of the molecule is CCN(CC)CCOc1cc2nccc(Oc3ccc(NC(=S)NC(=O)Cc4ccc(F)cc4)cc3F)c2cc1OC. The molecule has 0 saturated heterocycles. The molecule has 1 heterocycles. The average Bonchev–Trinajstić information content (AvgIpc) is 2.97. The quantitative estimate of drug-likeness (QED) is 0.191. The number of carbonyl (C=O) groups is 1. The van der Waals surface area contributed by atoms with Crippen molar-refractivity contribution in [3.8, 4) is 23.0 Å². The van der Waals surface area contributed by atoms with Gasteiger partial charge in [-0.15, -0.1) is 0 Å². The lowest BCUT2D eigenvalue weighted by molar-refractivity contribution is -0.119. The summed E-state index contributed by atoms with van der Waals surface area (Å²) in [5.41, 5.74) is 1.55. The fourth-order valence-electron chi connectivity index (χ4n) is 4.21. The van der Waals surface area contributed by atoms with Crippen molar-refractivity contribution >= 4 is 39.8 Å². The average molecular weight is 595 g/mol. The monoisotopic (exact) mass is 594 g/mol. The zero-order valence-corrected chi connectivity index (χ0v) is 24.4. The Morgan fingerprint density at radius 2 is 1.71 bits per heavy atom. The van der Waals surface area contributed by atoms with Crippen LogP contribution in [0, 0.1) is 11.6 Å². The van der Waals surface area contributed by atoms with Gasteiger partial charge in [0.2, 0.25) is 5.91 Å². The Morgan fingerprint density at radius 1 is 0.952 bits per heavy atom. The molecule has 0 radical (unpaired) electrons. The Bertz CT molecular complexity index is 1550. The van der Waals surface area contributed by atoms with Crippen molar-refractivity contribution in [2.24, 2.45) is 0 Å². The van der Waals surface area contributed by atoms with Gasteiger partial charge in [-0.25, -0.2) is 8.78 Å². The molecule has 0 unspecified atom stereocenters. The molecule has 0 spiro atoms. The molecule has 0 atom stereocenters. The van der Waals surface area contributed by atoms with Crippen LogP contribution >= 0.6 is 12.2 Å². The van der Waals surface area contributed by atoms with E-state index >= 15 is 4.39 Å². The van der Waals surface area contributed by atoms with Crippen LogP contribution in [0.1, 0.15) is 19.4 Å². The molecule has 0 bridgehead atoms. The standard InChI is InChI=1S/C31H32F2N4O4S/c1-4-37(5-2)14-15-40-29-19-25-23(18-28(29)39-3)26(12-13-34-25)41-27-11-10-22(17-24(27)33)35-31(42)36-30(38)16-20-6-8-21(32)9-7-20/h6-13,17-19H,4-5,14-16H2,1-3H3,(H2,35,36,38,42). The van der Waals surface area contributed by atoms with Crippen molar-refractivity contribution in [2.75, 3.05) is 38.7 Å². The smallest absolute Gasteiger partial charge is 0.230 e. The number of anilines is 1. The number of amides is 1. The van der Waals surface area contributed by atoms with Crippen molar-refractivity contribution in [2.45, 2.75) is 20.3 Å². The molecule has 0 aliphatic carbocycles. The molecule has 0 saturated carbocycles. The van der Waals surface area contributed by atoms with Crippen LogP contribution in [0.2, 0.25) is 0 Å². The summed E-state index contributed by atoms with van der Waals surface area (Å²) in [5, 5.41) is 5.93. The highest BCUT2D eigenvalue weighted by Gasteiger charge is 2.15. The number of benzene rings is 3. The molecule has 3 aromatic carbocycles. The van der Waals surface area contributed by atoms with E-state index in [-0.39, 0.29) is 23.1 Å². The van der Waals surface area contributed by atoms with Crippen LogP contribution in [-0.4, -0.2) is 54.3 Å². The zero-order valence-electron chi connectivity index (χ0n) is 23.6. The van der Waals surface area contributed by atoms with E-state index < -0.39 is 11.7 Å². The van der Waals surface area contributed by atoms with Gasteiger partial charge in [0.05, 0.1) is 19.0 Å². The first-order chi connectivity index (χ1) is 20.3. The minimum Gasteiger partial charge on any atom is -0.493 e. The van der Waals surface area contributed by atoms with Gasteiger partial charge >= 0.3 is 0 Å². The zero-order chi connectivity index (χ0) is 30.1. The minimum absolute atomic E-state index is 0.00229. The molecular weight excluding hydrogens is 562 g/mol. The number of fused-ring (bicyclic) bond motifs is 1. The fourth-order valence-corrected chi connectivity index (χ4v) is 4.45. The molecule has 2 N–H and O–H groups in total. The van der Waals surface area contributed by atoms with E-state index in [0.29, 0.717) is 46.0 Å². The molecular formula is C31H32F2N4O4S. The number of rotatable bonds is 12. The number of nitrogens with one attached hydrogen (secondary N) is 2. The second-order valence-corrected chi connectivity index (χ2v) is 9.67. The Kier molecular flexibility index (Phi) is 10.6. The maximum atomic E-state index is 15.1. The van der Waals surface area contributed by atoms with Gasteiger partial charge in [0.25, 0.3) is 0 Å². The molecule has 4 aromatic rings. The van der Waals surface area contributed by atoms with E-state index in [0.717, 1.165) is 19.6 Å². The summed E-state index contributed by atoms with van der Waals surface area (Å²) in [6.07, 6.45) is 1.59. The Balaban J connectivity index is 1.42. The second-order valence-electron chi connectivity index (χ2n) is 9.26. The van der Waals surface area contributed by atoms with E-state index in [1.165, 1.54) is 36.4 Å². The molecule has 11 heteroatoms. The molecule has 0 aliphatic heterocycles. The number of carbonyl (C=O) groups excluding carboxylic acids is 1. The van der Waals surface area contributed by atoms with Crippen molar-refractivity contribution < 1.29 is 27.8 Å². The number of methoxy groups -OCH3 is 1. The van der Waals surface area contributed by atoms with E-state index in [1.54, 1.807) is 37.6 Å². The van der Waals surface area contributed by atoms with Crippen LogP contribution in [0.25, 0.3) is 10.9 Å². The third-order valence-corrected chi connectivity index (χ3v) is 6.69. The normalized spacial score (nSPS) is 10.9. The predicted molar refractivity (Wildman–Crippen MR) is 163 cm³/mol. The number of nitrogens with zero attached hydrogens (tertiary/aromatic N) is 2. The fraction of sp³-hybridized carbons (Fsp3) is 0.258. The molecule has 220 valence electrons. The Morgan fingerprint density at radius 3 is 2.40 bits per heavy atom. The van der Waals surface area contributed by atoms with Gasteiger partial charge in [-0.05, 0) is 67.3 Å². The predicted octanol–water partition coefficient (Wildman–Crippen LogP) is 6.09. The maximum absolute atomic E-state index is 15.1. The van der Waals surface area contributed by atoms with E-state index in [2.05, 4.69) is 34.4 Å². The number of aromatic nitrogens is 1. The summed E-state index contributed by atoms with van der Waals surface area (Å²) in [5.74, 6) is 0.0158. The number of hydrogen-bond acceptors (Lipinski definition) is 7. The number of pyridine rings is 1. The highest BCUT2D eigenvalue weighted by molar-refractivity contribution is 7.80. The van der Waals surface area contributed by atoms with E-state index in [4.69, 9.17) is 26.4 Å². The molecule has 0 aliphatic rings. The van der Waals surface area contributed by atoms with Gasteiger partial charge in [0, 0.05) is 35.9 Å². The first-order valence-corrected chi connectivity index (χ1v) is 13.8. The molecule has 8 nitrogen and oxygen atoms in total. The van der Waals surface area contributed by atoms with Crippen LogP contribution in [0.3, 0.4) is 0 Å². The van der Waals surface area contributed by atoms with Crippen LogP contribution < -0.4 is 24.8 Å². The van der Waals surface area contributed by atoms with Gasteiger partial charge < -0.3 is 29.7 Å². The maximum Gasteiger partial charge on any atom is 0.230 e. The van der Waals surface area contributed by atoms with Crippen molar-refractivity contribution in [3.05, 3.63) is 84.1 Å². The first kappa shape index (κ1) is 30.6. The molecule has 1 aromatic heterocycles. The van der Waals surface area contributed by atoms with Crippen molar-refractivity contribution in [1.29, 1.82) is 0 Å². The summed E-state index contributed by atoms with van der Waals surface area (Å²) in [4.78, 5) is 18.9. The van der Waals surface area contributed by atoms with E-state index in [1.807, 2.05) is 0 Å². The summed E-state index contributed by atoms with van der Waals surface area (Å²) < 4.78 is 45.6. The molecule has 4 rings (SSSR count). The summed E-state index contributed by atoms with van der Waals surface area (Å²) >= 11 is 5.18. The summed E-state index contributed by atoms with van der Waals surface area (Å²) in [6.45, 7) is 7.35. The summed E-state index contributed by atoms with van der Waals surface area (Å²) in [6, 6.07) is 15.0. The van der Waals surface area contributed by atoms with Crippen LogP contribution in [0.15, 0.2) is 66.9 Å². The van der Waals surface area contributed by atoms with Gasteiger partial charge in [0.15, 0.2) is 28.2 Å². The number of ether oxygens (including phenoxy) is 3. The lowest BCUT2D eigenvalue weighted by Crippen LogP contribution is -2.35. The van der Waals surface area contributed by atoms with Crippen LogP contribution in [0.4, 0.5) is 14.5 Å². The topological polar surface area (TPSA) is 85.0 Å². The molecule has 1 amide bonds. The van der Waals surface area contributed by atoms with Crippen LogP contribution in [-0.2, 0) is 11.2 Å². The number of thiocarbonyl (C=S) groups is 1. The first-order valence-electron chi connectivity index (χ1n) is 13.4. The summed E-state index contributed by atoms with van der Waals surface area (Å²) in [7, 11) is 1.55. The van der Waals surface area contributed by atoms with Crippen molar-refractivity contribution in [3.63, 3.8) is 0 Å². The highest BCUT2D eigenvalue weighted by atomic mass is 32.1. The number of likely N-dealkylation sites (N-methyl/N-ethyl adjacent to an activating group) is 1. The lowest BCUT2D eigenvalue weighted by Gasteiger charge is -2.19. The van der Waals surface area contributed by atoms with Gasteiger partial charge in [-0.3, -0.25) is 9.78 Å². The second kappa shape index (κ2) is 14.5. The minimum atomic E-state index is -0.645. The Labute approximate surface area is 248 Å². The Hall–Kier alpha value is -4.35. The van der Waals surface area contributed by atoms with Crippen LogP contribution in [0.5, 0.6) is 23.0 Å². The lowest BCUT2D eigenvalue weighted by atomic mass is 10.1. The van der Waals surface area contributed by atoms with Gasteiger partial charge in [-0.1, -0.05) is 26.0 Å². The molecule has 42 heavy (non-hydrogen) atoms. The van der Waals surface area contributed by atoms with Crippen molar-refractivity contribution in [1.82, 2.24) is 15.2 Å². The highest BCUT2D eigenvalue weighted by Crippen LogP contribution is 2.37. The number of hydrogen-bond donors (Lipinski definition) is 2. The third-order valence-electron chi connectivity index (χ3n) is 6.49. The van der Waals surface area contributed by atoms with Gasteiger partial charge in [-0.2, -0.15) is 0 Å². The number of halogens is 2. The van der Waals surface area contributed by atoms with E-state index in [9.17, 15) is 9.18 Å². The van der Waals surface area contributed by atoms with Gasteiger partial charge in [0.1, 0.15) is 18.2 Å². The largest absolute Gasteiger partial charge is 0.493 e. The molecule has 0 fully saturated rings. The third kappa shape index (κ3) is 8.11.